The monoisotopic (exact) mass is 303 g/mol. The summed E-state index contributed by atoms with van der Waals surface area (Å²) in [6.07, 6.45) is 0.798. The van der Waals surface area contributed by atoms with Gasteiger partial charge >= 0.3 is 0 Å². The first-order chi connectivity index (χ1) is 8.04. The molecule has 2 unspecified atom stereocenters. The van der Waals surface area contributed by atoms with Gasteiger partial charge in [-0.25, -0.2) is 4.39 Å². The SMILES string of the molecule is CC(CCO)CNC(C)c1ccc(F)c(Br)c1. The average molecular weight is 304 g/mol. The number of rotatable bonds is 6. The summed E-state index contributed by atoms with van der Waals surface area (Å²) in [6, 6.07) is 5.22. The Hall–Kier alpha value is -0.450. The Morgan fingerprint density at radius 2 is 2.12 bits per heavy atom. The van der Waals surface area contributed by atoms with Gasteiger partial charge in [0, 0.05) is 12.6 Å². The van der Waals surface area contributed by atoms with E-state index < -0.39 is 0 Å². The van der Waals surface area contributed by atoms with Gasteiger partial charge in [0.1, 0.15) is 5.82 Å². The molecule has 0 radical (unpaired) electrons. The van der Waals surface area contributed by atoms with Gasteiger partial charge in [0.25, 0.3) is 0 Å². The molecule has 2 nitrogen and oxygen atoms in total. The summed E-state index contributed by atoms with van der Waals surface area (Å²) < 4.78 is 13.6. The fraction of sp³-hybridized carbons (Fsp3) is 0.538. The lowest BCUT2D eigenvalue weighted by molar-refractivity contribution is 0.258. The minimum absolute atomic E-state index is 0.174. The highest BCUT2D eigenvalue weighted by atomic mass is 79.9. The van der Waals surface area contributed by atoms with Crippen LogP contribution in [0.3, 0.4) is 0 Å². The van der Waals surface area contributed by atoms with Crippen molar-refractivity contribution in [3.63, 3.8) is 0 Å². The Labute approximate surface area is 110 Å². The molecule has 1 aromatic rings. The van der Waals surface area contributed by atoms with Crippen LogP contribution in [0.1, 0.15) is 31.9 Å². The second-order valence-electron chi connectivity index (χ2n) is 4.42. The second-order valence-corrected chi connectivity index (χ2v) is 5.28. The summed E-state index contributed by atoms with van der Waals surface area (Å²) in [5.41, 5.74) is 1.05. The number of aliphatic hydroxyl groups is 1. The van der Waals surface area contributed by atoms with Crippen molar-refractivity contribution in [2.24, 2.45) is 5.92 Å². The molecule has 96 valence electrons. The molecule has 0 amide bonds. The van der Waals surface area contributed by atoms with Crippen LogP contribution >= 0.6 is 15.9 Å². The normalized spacial score (nSPS) is 14.6. The standard InChI is InChI=1S/C13H19BrFNO/c1-9(5-6-17)8-16-10(2)11-3-4-13(15)12(14)7-11/h3-4,7,9-10,16-17H,5-6,8H2,1-2H3. The van der Waals surface area contributed by atoms with Gasteiger partial charge in [-0.15, -0.1) is 0 Å². The van der Waals surface area contributed by atoms with Gasteiger partial charge in [-0.05, 0) is 59.4 Å². The van der Waals surface area contributed by atoms with Gasteiger partial charge in [0.05, 0.1) is 4.47 Å². The van der Waals surface area contributed by atoms with Crippen molar-refractivity contribution in [2.45, 2.75) is 26.3 Å². The van der Waals surface area contributed by atoms with Crippen LogP contribution in [0.15, 0.2) is 22.7 Å². The smallest absolute Gasteiger partial charge is 0.137 e. The van der Waals surface area contributed by atoms with Crippen LogP contribution in [0.4, 0.5) is 4.39 Å². The van der Waals surface area contributed by atoms with Crippen molar-refractivity contribution in [2.75, 3.05) is 13.2 Å². The van der Waals surface area contributed by atoms with E-state index in [1.54, 1.807) is 12.1 Å². The molecule has 1 aromatic carbocycles. The zero-order valence-electron chi connectivity index (χ0n) is 10.2. The first-order valence-electron chi connectivity index (χ1n) is 5.83. The van der Waals surface area contributed by atoms with Gasteiger partial charge < -0.3 is 10.4 Å². The maximum absolute atomic E-state index is 13.1. The predicted octanol–water partition coefficient (Wildman–Crippen LogP) is 3.26. The lowest BCUT2D eigenvalue weighted by Gasteiger charge is -2.18. The van der Waals surface area contributed by atoms with Gasteiger partial charge in [-0.2, -0.15) is 0 Å². The maximum atomic E-state index is 13.1. The van der Waals surface area contributed by atoms with E-state index in [1.807, 2.05) is 6.92 Å². The van der Waals surface area contributed by atoms with Crippen LogP contribution in [-0.2, 0) is 0 Å². The third-order valence-electron chi connectivity index (χ3n) is 2.84. The molecule has 0 bridgehead atoms. The van der Waals surface area contributed by atoms with E-state index in [9.17, 15) is 4.39 Å². The van der Waals surface area contributed by atoms with E-state index in [0.717, 1.165) is 18.5 Å². The zero-order chi connectivity index (χ0) is 12.8. The third-order valence-corrected chi connectivity index (χ3v) is 3.45. The molecule has 0 spiro atoms. The van der Waals surface area contributed by atoms with Crippen LogP contribution in [0.5, 0.6) is 0 Å². The Kier molecular flexibility index (Phi) is 6.09. The highest BCUT2D eigenvalue weighted by Gasteiger charge is 2.09. The average Bonchev–Trinajstić information content (AvgIpc) is 2.30. The Morgan fingerprint density at radius 1 is 1.41 bits per heavy atom. The lowest BCUT2D eigenvalue weighted by atomic mass is 10.1. The van der Waals surface area contributed by atoms with Gasteiger partial charge in [-0.1, -0.05) is 13.0 Å². The van der Waals surface area contributed by atoms with Gasteiger partial charge in [0.15, 0.2) is 0 Å². The first-order valence-corrected chi connectivity index (χ1v) is 6.63. The van der Waals surface area contributed by atoms with E-state index >= 15 is 0 Å². The number of hydrogen-bond acceptors (Lipinski definition) is 2. The number of aliphatic hydroxyl groups excluding tert-OH is 1. The summed E-state index contributed by atoms with van der Waals surface area (Å²) >= 11 is 3.18. The van der Waals surface area contributed by atoms with Crippen molar-refractivity contribution >= 4 is 15.9 Å². The van der Waals surface area contributed by atoms with Crippen molar-refractivity contribution in [3.05, 3.63) is 34.1 Å². The number of halogens is 2. The summed E-state index contributed by atoms with van der Waals surface area (Å²) in [4.78, 5) is 0. The van der Waals surface area contributed by atoms with Crippen molar-refractivity contribution in [1.82, 2.24) is 5.32 Å². The molecular formula is C13H19BrFNO. The Morgan fingerprint density at radius 3 is 2.71 bits per heavy atom. The molecule has 4 heteroatoms. The molecular weight excluding hydrogens is 285 g/mol. The second kappa shape index (κ2) is 7.09. The molecule has 0 aromatic heterocycles. The Bertz CT molecular complexity index is 359. The molecule has 0 aliphatic carbocycles. The maximum Gasteiger partial charge on any atom is 0.137 e. The van der Waals surface area contributed by atoms with E-state index in [2.05, 4.69) is 28.2 Å². The third kappa shape index (κ3) is 4.74. The molecule has 17 heavy (non-hydrogen) atoms. The first kappa shape index (κ1) is 14.6. The van der Waals surface area contributed by atoms with E-state index in [4.69, 9.17) is 5.11 Å². The molecule has 2 N–H and O–H groups in total. The molecule has 0 aliphatic rings. The molecule has 0 aliphatic heterocycles. The van der Waals surface area contributed by atoms with E-state index in [1.165, 1.54) is 6.07 Å². The fourth-order valence-corrected chi connectivity index (χ4v) is 2.00. The lowest BCUT2D eigenvalue weighted by Crippen LogP contribution is -2.25. The molecule has 0 heterocycles. The number of hydrogen-bond donors (Lipinski definition) is 2. The van der Waals surface area contributed by atoms with Crippen LogP contribution < -0.4 is 5.32 Å². The number of benzene rings is 1. The van der Waals surface area contributed by atoms with Gasteiger partial charge in [-0.3, -0.25) is 0 Å². The van der Waals surface area contributed by atoms with E-state index in [-0.39, 0.29) is 18.5 Å². The number of nitrogens with one attached hydrogen (secondary N) is 1. The zero-order valence-corrected chi connectivity index (χ0v) is 11.8. The predicted molar refractivity (Wildman–Crippen MR) is 71.4 cm³/mol. The molecule has 0 saturated heterocycles. The summed E-state index contributed by atoms with van der Waals surface area (Å²) in [5.74, 6) is 0.195. The molecule has 1 rings (SSSR count). The highest BCUT2D eigenvalue weighted by Crippen LogP contribution is 2.21. The summed E-state index contributed by atoms with van der Waals surface area (Å²) in [5, 5.41) is 12.2. The minimum Gasteiger partial charge on any atom is -0.396 e. The van der Waals surface area contributed by atoms with Crippen LogP contribution in [0.25, 0.3) is 0 Å². The largest absolute Gasteiger partial charge is 0.396 e. The fourth-order valence-electron chi connectivity index (χ4n) is 1.60. The quantitative estimate of drug-likeness (QED) is 0.845. The van der Waals surface area contributed by atoms with Gasteiger partial charge in [0.2, 0.25) is 0 Å². The van der Waals surface area contributed by atoms with Crippen LogP contribution in [-0.4, -0.2) is 18.3 Å². The Balaban J connectivity index is 2.52. The van der Waals surface area contributed by atoms with Crippen LogP contribution in [0, 0.1) is 11.7 Å². The molecule has 0 fully saturated rings. The molecule has 2 atom stereocenters. The van der Waals surface area contributed by atoms with E-state index in [0.29, 0.717) is 10.4 Å². The van der Waals surface area contributed by atoms with Crippen molar-refractivity contribution in [1.29, 1.82) is 0 Å². The van der Waals surface area contributed by atoms with Crippen LogP contribution in [0.2, 0.25) is 0 Å². The highest BCUT2D eigenvalue weighted by molar-refractivity contribution is 9.10. The molecule has 0 saturated carbocycles. The summed E-state index contributed by atoms with van der Waals surface area (Å²) in [6.45, 7) is 5.21. The minimum atomic E-state index is -0.241. The van der Waals surface area contributed by atoms with Crippen molar-refractivity contribution < 1.29 is 9.50 Å². The topological polar surface area (TPSA) is 32.3 Å². The summed E-state index contributed by atoms with van der Waals surface area (Å²) in [7, 11) is 0. The van der Waals surface area contributed by atoms with Crippen molar-refractivity contribution in [3.8, 4) is 0 Å².